The zero-order chi connectivity index (χ0) is 17.9. The van der Waals surface area contributed by atoms with Crippen molar-refractivity contribution in [2.45, 2.75) is 52.0 Å². The molecule has 1 saturated carbocycles. The maximum atomic E-state index is 12.4. The molecule has 0 aromatic heterocycles. The predicted octanol–water partition coefficient (Wildman–Crippen LogP) is 5.80. The van der Waals surface area contributed by atoms with Crippen LogP contribution >= 0.6 is 0 Å². The zero-order valence-electron chi connectivity index (χ0n) is 15.3. The van der Waals surface area contributed by atoms with E-state index in [1.165, 1.54) is 6.42 Å². The molecule has 1 aliphatic carbocycles. The SMILES string of the molecule is CC1(C)CCCCC1(C)NC(=O)Oc1ccc(-c2ccccc2)cc1. The van der Waals surface area contributed by atoms with E-state index in [4.69, 9.17) is 4.74 Å². The largest absolute Gasteiger partial charge is 0.413 e. The molecule has 1 unspecified atom stereocenters. The van der Waals surface area contributed by atoms with Gasteiger partial charge in [0.15, 0.2) is 0 Å². The molecule has 0 radical (unpaired) electrons. The summed E-state index contributed by atoms with van der Waals surface area (Å²) < 4.78 is 5.52. The van der Waals surface area contributed by atoms with Crippen molar-refractivity contribution in [2.24, 2.45) is 5.41 Å². The second-order valence-electron chi connectivity index (χ2n) is 7.83. The number of carbonyl (C=O) groups is 1. The second kappa shape index (κ2) is 6.91. The fraction of sp³-hybridized carbons (Fsp3) is 0.409. The Balaban J connectivity index is 1.65. The van der Waals surface area contributed by atoms with Gasteiger partial charge in [-0.25, -0.2) is 4.79 Å². The molecule has 1 amide bonds. The van der Waals surface area contributed by atoms with Crippen LogP contribution in [0.3, 0.4) is 0 Å². The summed E-state index contributed by atoms with van der Waals surface area (Å²) in [7, 11) is 0. The molecule has 0 heterocycles. The zero-order valence-corrected chi connectivity index (χ0v) is 15.3. The Kier molecular flexibility index (Phi) is 4.85. The Hall–Kier alpha value is -2.29. The van der Waals surface area contributed by atoms with Crippen LogP contribution < -0.4 is 10.1 Å². The fourth-order valence-electron chi connectivity index (χ4n) is 3.60. The Morgan fingerprint density at radius 3 is 2.12 bits per heavy atom. The fourth-order valence-corrected chi connectivity index (χ4v) is 3.60. The van der Waals surface area contributed by atoms with Crippen LogP contribution in [0.4, 0.5) is 4.79 Å². The first kappa shape index (κ1) is 17.5. The number of ether oxygens (including phenoxy) is 1. The van der Waals surface area contributed by atoms with Gasteiger partial charge in [0.05, 0.1) is 0 Å². The average molecular weight is 337 g/mol. The van der Waals surface area contributed by atoms with E-state index < -0.39 is 0 Å². The van der Waals surface area contributed by atoms with E-state index in [1.807, 2.05) is 42.5 Å². The Labute approximate surface area is 150 Å². The number of amides is 1. The van der Waals surface area contributed by atoms with Gasteiger partial charge in [-0.3, -0.25) is 0 Å². The van der Waals surface area contributed by atoms with Gasteiger partial charge in [-0.15, -0.1) is 0 Å². The number of benzene rings is 2. The van der Waals surface area contributed by atoms with E-state index >= 15 is 0 Å². The highest BCUT2D eigenvalue weighted by atomic mass is 16.6. The molecule has 2 aromatic carbocycles. The maximum Gasteiger partial charge on any atom is 0.413 e. The van der Waals surface area contributed by atoms with Crippen LogP contribution in [0.5, 0.6) is 5.75 Å². The van der Waals surface area contributed by atoms with Crippen molar-refractivity contribution in [3.8, 4) is 16.9 Å². The lowest BCUT2D eigenvalue weighted by Gasteiger charge is -2.48. The molecule has 25 heavy (non-hydrogen) atoms. The molecule has 132 valence electrons. The van der Waals surface area contributed by atoms with Gasteiger partial charge in [-0.05, 0) is 48.4 Å². The minimum Gasteiger partial charge on any atom is -0.410 e. The molecule has 3 nitrogen and oxygen atoms in total. The minimum atomic E-state index is -0.370. The maximum absolute atomic E-state index is 12.4. The third-order valence-electron chi connectivity index (χ3n) is 5.77. The molecule has 0 bridgehead atoms. The number of hydrogen-bond acceptors (Lipinski definition) is 2. The molecule has 1 N–H and O–H groups in total. The third kappa shape index (κ3) is 3.87. The van der Waals surface area contributed by atoms with E-state index in [9.17, 15) is 4.79 Å². The van der Waals surface area contributed by atoms with Gasteiger partial charge in [-0.2, -0.15) is 0 Å². The van der Waals surface area contributed by atoms with E-state index in [2.05, 4.69) is 38.2 Å². The standard InChI is InChI=1S/C22H27NO2/c1-21(2)15-7-8-16-22(21,3)23-20(24)25-19-13-11-18(12-14-19)17-9-5-4-6-10-17/h4-6,9-14H,7-8,15-16H2,1-3H3,(H,23,24). The van der Waals surface area contributed by atoms with Crippen LogP contribution in [-0.4, -0.2) is 11.6 Å². The summed E-state index contributed by atoms with van der Waals surface area (Å²) in [6.07, 6.45) is 4.11. The lowest BCUT2D eigenvalue weighted by molar-refractivity contribution is 0.0769. The molecule has 1 atom stereocenters. The molecule has 0 aliphatic heterocycles. The van der Waals surface area contributed by atoms with E-state index in [-0.39, 0.29) is 17.0 Å². The monoisotopic (exact) mass is 337 g/mol. The summed E-state index contributed by atoms with van der Waals surface area (Å²) >= 11 is 0. The molecule has 3 rings (SSSR count). The summed E-state index contributed by atoms with van der Waals surface area (Å²) in [5.74, 6) is 0.564. The van der Waals surface area contributed by atoms with Crippen LogP contribution in [0, 0.1) is 5.41 Å². The van der Waals surface area contributed by atoms with E-state index in [1.54, 1.807) is 0 Å². The first-order valence-corrected chi connectivity index (χ1v) is 9.05. The Morgan fingerprint density at radius 1 is 0.880 bits per heavy atom. The third-order valence-corrected chi connectivity index (χ3v) is 5.77. The smallest absolute Gasteiger partial charge is 0.410 e. The van der Waals surface area contributed by atoms with Crippen molar-refractivity contribution in [3.63, 3.8) is 0 Å². The molecule has 0 saturated heterocycles. The van der Waals surface area contributed by atoms with Crippen molar-refractivity contribution in [1.82, 2.24) is 5.32 Å². The lowest BCUT2D eigenvalue weighted by atomic mass is 9.64. The van der Waals surface area contributed by atoms with Gasteiger partial charge in [0.2, 0.25) is 0 Å². The van der Waals surface area contributed by atoms with Crippen LogP contribution in [0.25, 0.3) is 11.1 Å². The Morgan fingerprint density at radius 2 is 1.48 bits per heavy atom. The van der Waals surface area contributed by atoms with Crippen LogP contribution in [0.2, 0.25) is 0 Å². The van der Waals surface area contributed by atoms with Crippen LogP contribution in [0.15, 0.2) is 54.6 Å². The first-order valence-electron chi connectivity index (χ1n) is 9.05. The molecular formula is C22H27NO2. The summed E-state index contributed by atoms with van der Waals surface area (Å²) in [5, 5.41) is 3.12. The molecular weight excluding hydrogens is 310 g/mol. The highest BCUT2D eigenvalue weighted by Crippen LogP contribution is 2.43. The number of hydrogen-bond donors (Lipinski definition) is 1. The molecule has 1 aliphatic rings. The summed E-state index contributed by atoms with van der Waals surface area (Å²) in [4.78, 5) is 12.4. The van der Waals surface area contributed by atoms with Crippen molar-refractivity contribution < 1.29 is 9.53 Å². The lowest BCUT2D eigenvalue weighted by Crippen LogP contribution is -2.58. The molecule has 3 heteroatoms. The van der Waals surface area contributed by atoms with Gasteiger partial charge in [0, 0.05) is 5.54 Å². The summed E-state index contributed by atoms with van der Waals surface area (Å²) in [6, 6.07) is 17.8. The Bertz CT molecular complexity index is 721. The van der Waals surface area contributed by atoms with Crippen molar-refractivity contribution in [1.29, 1.82) is 0 Å². The predicted molar refractivity (Wildman–Crippen MR) is 102 cm³/mol. The van der Waals surface area contributed by atoms with Crippen molar-refractivity contribution >= 4 is 6.09 Å². The summed E-state index contributed by atoms with van der Waals surface area (Å²) in [5.41, 5.74) is 2.09. The average Bonchev–Trinajstić information content (AvgIpc) is 2.59. The van der Waals surface area contributed by atoms with Gasteiger partial charge < -0.3 is 10.1 Å². The summed E-state index contributed by atoms with van der Waals surface area (Å²) in [6.45, 7) is 6.58. The molecule has 0 spiro atoms. The van der Waals surface area contributed by atoms with Gasteiger partial charge >= 0.3 is 6.09 Å². The van der Waals surface area contributed by atoms with Gasteiger partial charge in [0.25, 0.3) is 0 Å². The number of rotatable bonds is 3. The van der Waals surface area contributed by atoms with Crippen molar-refractivity contribution in [3.05, 3.63) is 54.6 Å². The number of carbonyl (C=O) groups excluding carboxylic acids is 1. The van der Waals surface area contributed by atoms with E-state index in [0.29, 0.717) is 5.75 Å². The second-order valence-corrected chi connectivity index (χ2v) is 7.83. The van der Waals surface area contributed by atoms with Crippen molar-refractivity contribution in [2.75, 3.05) is 0 Å². The highest BCUT2D eigenvalue weighted by molar-refractivity contribution is 5.72. The van der Waals surface area contributed by atoms with Gasteiger partial charge in [0.1, 0.15) is 5.75 Å². The number of nitrogens with one attached hydrogen (secondary N) is 1. The van der Waals surface area contributed by atoms with Crippen LogP contribution in [-0.2, 0) is 0 Å². The normalized spacial score (nSPS) is 22.2. The topological polar surface area (TPSA) is 38.3 Å². The molecule has 2 aromatic rings. The van der Waals surface area contributed by atoms with Crippen LogP contribution in [0.1, 0.15) is 46.5 Å². The highest BCUT2D eigenvalue weighted by Gasteiger charge is 2.44. The first-order chi connectivity index (χ1) is 11.9. The quantitative estimate of drug-likeness (QED) is 0.768. The minimum absolute atomic E-state index is 0.0709. The van der Waals surface area contributed by atoms with E-state index in [0.717, 1.165) is 30.4 Å². The van der Waals surface area contributed by atoms with Gasteiger partial charge in [-0.1, -0.05) is 69.2 Å². The molecule has 1 fully saturated rings.